The van der Waals surface area contributed by atoms with Crippen LogP contribution in [-0.2, 0) is 6.54 Å². The minimum Gasteiger partial charge on any atom is -0.285 e. The molecule has 0 fully saturated rings. The Bertz CT molecular complexity index is 332. The highest BCUT2D eigenvalue weighted by atomic mass is 35.5. The molecular formula is C10H11Cl2N3. The largest absolute Gasteiger partial charge is 0.285 e. The van der Waals surface area contributed by atoms with Gasteiger partial charge in [-0.1, -0.05) is 17.7 Å². The molecule has 15 heavy (non-hydrogen) atoms. The van der Waals surface area contributed by atoms with E-state index in [4.69, 9.17) is 28.5 Å². The summed E-state index contributed by atoms with van der Waals surface area (Å²) in [5.74, 6) is 0.517. The van der Waals surface area contributed by atoms with E-state index in [1.807, 2.05) is 11.0 Å². The Morgan fingerprint density at radius 1 is 1.47 bits per heavy atom. The Balaban J connectivity index is 2.57. The van der Waals surface area contributed by atoms with Gasteiger partial charge in [-0.05, 0) is 11.6 Å². The zero-order valence-electron chi connectivity index (χ0n) is 8.16. The highest BCUT2D eigenvalue weighted by molar-refractivity contribution is 6.29. The van der Waals surface area contributed by atoms with Crippen molar-refractivity contribution in [1.82, 2.24) is 9.88 Å². The quantitative estimate of drug-likeness (QED) is 0.453. The van der Waals surface area contributed by atoms with Crippen LogP contribution in [0.5, 0.6) is 0 Å². The maximum atomic E-state index is 8.61. The third-order valence-corrected chi connectivity index (χ3v) is 2.28. The highest BCUT2D eigenvalue weighted by Gasteiger charge is 2.04. The van der Waals surface area contributed by atoms with E-state index in [9.17, 15) is 0 Å². The van der Waals surface area contributed by atoms with E-state index in [0.717, 1.165) is 5.56 Å². The first-order valence-electron chi connectivity index (χ1n) is 4.52. The summed E-state index contributed by atoms with van der Waals surface area (Å²) in [6, 6.07) is 5.74. The molecule has 0 aromatic carbocycles. The average Bonchev–Trinajstić information content (AvgIpc) is 2.22. The van der Waals surface area contributed by atoms with Gasteiger partial charge in [0.2, 0.25) is 0 Å². The number of hydrogen-bond acceptors (Lipinski definition) is 3. The molecule has 1 rings (SSSR count). The average molecular weight is 244 g/mol. The number of hydrogen-bond donors (Lipinski definition) is 0. The lowest BCUT2D eigenvalue weighted by Gasteiger charge is -2.17. The number of alkyl halides is 1. The summed E-state index contributed by atoms with van der Waals surface area (Å²) in [5.41, 5.74) is 1.03. The lowest BCUT2D eigenvalue weighted by atomic mass is 10.2. The fourth-order valence-electron chi connectivity index (χ4n) is 1.19. The molecule has 0 bridgehead atoms. The van der Waals surface area contributed by atoms with Crippen LogP contribution in [0.25, 0.3) is 0 Å². The van der Waals surface area contributed by atoms with Gasteiger partial charge in [0.05, 0.1) is 12.6 Å². The summed E-state index contributed by atoms with van der Waals surface area (Å²) < 4.78 is 0. The molecule has 5 heteroatoms. The van der Waals surface area contributed by atoms with Crippen LogP contribution in [-0.4, -0.2) is 28.9 Å². The Morgan fingerprint density at radius 2 is 2.27 bits per heavy atom. The molecule has 0 radical (unpaired) electrons. The van der Waals surface area contributed by atoms with Crippen LogP contribution in [0.1, 0.15) is 5.56 Å². The first-order chi connectivity index (χ1) is 7.26. The molecule has 0 spiro atoms. The molecule has 0 aliphatic heterocycles. The molecule has 1 aromatic heterocycles. The molecule has 0 unspecified atom stereocenters. The van der Waals surface area contributed by atoms with Gasteiger partial charge in [0.25, 0.3) is 0 Å². The SMILES string of the molecule is N#CCN(CCCl)Cc1ccc(Cl)nc1. The van der Waals surface area contributed by atoms with Crippen molar-refractivity contribution >= 4 is 23.2 Å². The minimum absolute atomic E-state index is 0.370. The number of nitrogens with zero attached hydrogens (tertiary/aromatic N) is 3. The summed E-state index contributed by atoms with van der Waals surface area (Å²) in [6.07, 6.45) is 1.71. The fourth-order valence-corrected chi connectivity index (χ4v) is 1.54. The van der Waals surface area contributed by atoms with Crippen molar-refractivity contribution < 1.29 is 0 Å². The van der Waals surface area contributed by atoms with Crippen LogP contribution in [0.3, 0.4) is 0 Å². The molecule has 0 N–H and O–H groups in total. The predicted molar refractivity (Wildman–Crippen MR) is 60.9 cm³/mol. The maximum absolute atomic E-state index is 8.61. The normalized spacial score (nSPS) is 10.3. The predicted octanol–water partition coefficient (Wildman–Crippen LogP) is 2.30. The van der Waals surface area contributed by atoms with E-state index in [0.29, 0.717) is 30.7 Å². The van der Waals surface area contributed by atoms with E-state index in [2.05, 4.69) is 11.1 Å². The van der Waals surface area contributed by atoms with E-state index < -0.39 is 0 Å². The number of rotatable bonds is 5. The smallest absolute Gasteiger partial charge is 0.129 e. The minimum atomic E-state index is 0.370. The second-order valence-electron chi connectivity index (χ2n) is 3.05. The van der Waals surface area contributed by atoms with Crippen LogP contribution >= 0.6 is 23.2 Å². The molecule has 3 nitrogen and oxygen atoms in total. The Labute approximate surface area is 99.2 Å². The standard InChI is InChI=1S/C10H11Cl2N3/c11-3-5-15(6-4-13)8-9-1-2-10(12)14-7-9/h1-2,7H,3,5-6,8H2. The van der Waals surface area contributed by atoms with E-state index in [1.54, 1.807) is 12.3 Å². The molecule has 0 saturated carbocycles. The molecule has 1 aromatic rings. The zero-order valence-corrected chi connectivity index (χ0v) is 9.67. The summed E-state index contributed by atoms with van der Waals surface area (Å²) in [7, 11) is 0. The van der Waals surface area contributed by atoms with Gasteiger partial charge in [-0.2, -0.15) is 5.26 Å². The van der Waals surface area contributed by atoms with E-state index in [-0.39, 0.29) is 0 Å². The van der Waals surface area contributed by atoms with E-state index in [1.165, 1.54) is 0 Å². The summed E-state index contributed by atoms with van der Waals surface area (Å²) in [6.45, 7) is 1.73. The van der Waals surface area contributed by atoms with Crippen molar-refractivity contribution in [2.45, 2.75) is 6.54 Å². The van der Waals surface area contributed by atoms with Crippen molar-refractivity contribution in [1.29, 1.82) is 5.26 Å². The summed E-state index contributed by atoms with van der Waals surface area (Å²) in [5, 5.41) is 9.09. The van der Waals surface area contributed by atoms with Crippen molar-refractivity contribution in [2.75, 3.05) is 19.0 Å². The van der Waals surface area contributed by atoms with Crippen molar-refractivity contribution in [3.8, 4) is 6.07 Å². The molecule has 80 valence electrons. The van der Waals surface area contributed by atoms with Gasteiger partial charge in [-0.3, -0.25) is 4.90 Å². The van der Waals surface area contributed by atoms with Gasteiger partial charge in [-0.25, -0.2) is 4.98 Å². The summed E-state index contributed by atoms with van der Waals surface area (Å²) in [4.78, 5) is 5.93. The number of aromatic nitrogens is 1. The second-order valence-corrected chi connectivity index (χ2v) is 3.81. The lowest BCUT2D eigenvalue weighted by molar-refractivity contribution is 0.316. The monoisotopic (exact) mass is 243 g/mol. The van der Waals surface area contributed by atoms with Gasteiger partial charge in [0.1, 0.15) is 5.15 Å². The third-order valence-electron chi connectivity index (χ3n) is 1.89. The third kappa shape index (κ3) is 4.48. The Morgan fingerprint density at radius 3 is 2.80 bits per heavy atom. The van der Waals surface area contributed by atoms with Gasteiger partial charge < -0.3 is 0 Å². The second kappa shape index (κ2) is 6.62. The fraction of sp³-hybridized carbons (Fsp3) is 0.400. The van der Waals surface area contributed by atoms with Crippen molar-refractivity contribution in [2.24, 2.45) is 0 Å². The van der Waals surface area contributed by atoms with Gasteiger partial charge in [-0.15, -0.1) is 11.6 Å². The Hall–Kier alpha value is -0.820. The van der Waals surface area contributed by atoms with Gasteiger partial charge >= 0.3 is 0 Å². The zero-order chi connectivity index (χ0) is 11.1. The first-order valence-corrected chi connectivity index (χ1v) is 5.43. The number of pyridine rings is 1. The summed E-state index contributed by atoms with van der Waals surface area (Å²) >= 11 is 11.3. The van der Waals surface area contributed by atoms with E-state index >= 15 is 0 Å². The molecule has 0 atom stereocenters. The molecule has 0 saturated heterocycles. The maximum Gasteiger partial charge on any atom is 0.129 e. The highest BCUT2D eigenvalue weighted by Crippen LogP contribution is 2.07. The first kappa shape index (κ1) is 12.3. The molecule has 0 aliphatic carbocycles. The molecule has 0 aliphatic rings. The van der Waals surface area contributed by atoms with Crippen LogP contribution < -0.4 is 0 Å². The Kier molecular flexibility index (Phi) is 5.41. The molecule has 0 amide bonds. The van der Waals surface area contributed by atoms with Crippen LogP contribution in [0, 0.1) is 11.3 Å². The number of halogens is 2. The van der Waals surface area contributed by atoms with Crippen LogP contribution in [0.15, 0.2) is 18.3 Å². The molecular weight excluding hydrogens is 233 g/mol. The molecule has 1 heterocycles. The van der Waals surface area contributed by atoms with Gasteiger partial charge in [0, 0.05) is 25.2 Å². The van der Waals surface area contributed by atoms with Crippen molar-refractivity contribution in [3.63, 3.8) is 0 Å². The lowest BCUT2D eigenvalue weighted by Crippen LogP contribution is -2.25. The van der Waals surface area contributed by atoms with Crippen LogP contribution in [0.2, 0.25) is 5.15 Å². The van der Waals surface area contributed by atoms with Crippen LogP contribution in [0.4, 0.5) is 0 Å². The van der Waals surface area contributed by atoms with Crippen molar-refractivity contribution in [3.05, 3.63) is 29.0 Å². The van der Waals surface area contributed by atoms with Gasteiger partial charge in [0.15, 0.2) is 0 Å². The topological polar surface area (TPSA) is 39.9 Å². The number of nitriles is 1.